The van der Waals surface area contributed by atoms with Gasteiger partial charge in [0.15, 0.2) is 0 Å². The number of carbonyl (C=O) groups excluding carboxylic acids is 1. The summed E-state index contributed by atoms with van der Waals surface area (Å²) in [6, 6.07) is 11.9. The van der Waals surface area contributed by atoms with Crippen molar-refractivity contribution in [1.82, 2.24) is 4.72 Å². The Bertz CT molecular complexity index is 1710. The normalized spacial score (nSPS) is 34.3. The highest BCUT2D eigenvalue weighted by Gasteiger charge is 2.48. The molecule has 1 fully saturated rings. The fraction of sp³-hybridized carbons (Fsp3) is 0.538. The summed E-state index contributed by atoms with van der Waals surface area (Å²) in [5.41, 5.74) is 2.99. The van der Waals surface area contributed by atoms with Crippen LogP contribution in [0.2, 0.25) is 5.02 Å². The molecule has 47 heavy (non-hydrogen) atoms. The van der Waals surface area contributed by atoms with Crippen LogP contribution in [-0.4, -0.2) is 53.6 Å². The first-order valence-corrected chi connectivity index (χ1v) is 19.4. The largest absolute Gasteiger partial charge is 0.490 e. The van der Waals surface area contributed by atoms with Gasteiger partial charge in [-0.2, -0.15) is 0 Å². The van der Waals surface area contributed by atoms with Gasteiger partial charge in [-0.05, 0) is 117 Å². The number of benzene rings is 2. The van der Waals surface area contributed by atoms with Crippen molar-refractivity contribution < 1.29 is 18.5 Å². The second kappa shape index (κ2) is 13.5. The number of nitrogens with one attached hydrogen (secondary N) is 1. The smallest absolute Gasteiger partial charge is 0.262 e. The first-order valence-electron chi connectivity index (χ1n) is 17.2. The first-order chi connectivity index (χ1) is 22.5. The monoisotopic (exact) mass is 676 g/mol. The van der Waals surface area contributed by atoms with Crippen LogP contribution in [0.25, 0.3) is 0 Å². The number of methoxy groups -OCH3 is 1. The number of ether oxygens (including phenoxy) is 2. The topological polar surface area (TPSA) is 67.9 Å². The summed E-state index contributed by atoms with van der Waals surface area (Å²) in [6.45, 7) is 8.19. The molecule has 8 heteroatoms. The maximum Gasteiger partial charge on any atom is 0.262 e. The van der Waals surface area contributed by atoms with Gasteiger partial charge < -0.3 is 14.4 Å². The molecule has 6 rings (SSSR count). The number of carbonyl (C=O) groups is 1. The molecule has 2 aromatic rings. The Balaban J connectivity index is 1.47. The fourth-order valence-electron chi connectivity index (χ4n) is 8.08. The molecule has 2 aliphatic carbocycles. The minimum atomic E-state index is -2.95. The molecule has 4 aliphatic rings. The number of hydrogen-bond donors (Lipinski definition) is 1. The van der Waals surface area contributed by atoms with Crippen LogP contribution < -0.4 is 14.4 Å². The van der Waals surface area contributed by atoms with Crippen LogP contribution in [0.1, 0.15) is 87.2 Å². The molecule has 2 bridgehead atoms. The van der Waals surface area contributed by atoms with Gasteiger partial charge in [-0.15, -0.1) is 0 Å². The number of allylic oxidation sites excluding steroid dienone is 1. The molecule has 252 valence electrons. The predicted octanol–water partition coefficient (Wildman–Crippen LogP) is 7.37. The highest BCUT2D eigenvalue weighted by atomic mass is 35.5. The van der Waals surface area contributed by atoms with Gasteiger partial charge in [0.25, 0.3) is 5.91 Å². The maximum absolute atomic E-state index is 13.9. The van der Waals surface area contributed by atoms with Crippen molar-refractivity contribution in [3.63, 3.8) is 0 Å². The quantitative estimate of drug-likeness (QED) is 0.204. The molecular weight excluding hydrogens is 628 g/mol. The zero-order valence-electron chi connectivity index (χ0n) is 28.3. The number of hydrogen-bond acceptors (Lipinski definition) is 5. The van der Waals surface area contributed by atoms with E-state index < -0.39 is 15.3 Å². The molecule has 0 saturated heterocycles. The van der Waals surface area contributed by atoms with E-state index in [1.54, 1.807) is 13.2 Å². The number of aryl methyl sites for hydroxylation is 1. The van der Waals surface area contributed by atoms with Crippen molar-refractivity contribution in [2.24, 2.45) is 17.8 Å². The highest BCUT2D eigenvalue weighted by Crippen LogP contribution is 2.49. The van der Waals surface area contributed by atoms with Crippen molar-refractivity contribution >= 4 is 38.8 Å². The summed E-state index contributed by atoms with van der Waals surface area (Å²) in [4.78, 5) is 16.1. The molecule has 2 aromatic carbocycles. The zero-order valence-corrected chi connectivity index (χ0v) is 29.9. The summed E-state index contributed by atoms with van der Waals surface area (Å²) in [7, 11) is -1.16. The van der Waals surface area contributed by atoms with E-state index in [2.05, 4.69) is 65.5 Å². The van der Waals surface area contributed by atoms with E-state index in [4.69, 9.17) is 21.1 Å². The molecule has 7 atom stereocenters. The number of rotatable bonds is 2. The van der Waals surface area contributed by atoms with Crippen molar-refractivity contribution in [2.75, 3.05) is 31.7 Å². The van der Waals surface area contributed by atoms with Gasteiger partial charge in [-0.1, -0.05) is 49.4 Å². The Morgan fingerprint density at radius 2 is 2.04 bits per heavy atom. The second-order valence-electron chi connectivity index (χ2n) is 14.3. The van der Waals surface area contributed by atoms with Crippen LogP contribution in [0.3, 0.4) is 0 Å². The van der Waals surface area contributed by atoms with Crippen molar-refractivity contribution in [2.45, 2.75) is 88.4 Å². The minimum Gasteiger partial charge on any atom is -0.490 e. The lowest BCUT2D eigenvalue weighted by atomic mass is 9.64. The SMILES string of the molecule is C=S1(=O)NC(=O)c2ccc3c(c2)N(C[C@@H]2CC[C@H]2[C@](C#CCCC)(OC)/C=C/C[C@H](C)[C@H]1C)C[C@@]1(CCCc2cc(Cl)ccc21)CO3. The summed E-state index contributed by atoms with van der Waals surface area (Å²) in [6.07, 6.45) is 11.9. The number of unbranched alkanes of at least 4 members (excludes halogenated alkanes) is 1. The van der Waals surface area contributed by atoms with Gasteiger partial charge >= 0.3 is 0 Å². The standard InChI is InChI=1S/C39H49ClN2O4S/c1-6-7-8-20-39(45-4)21-9-11-27(2)28(3)47(5,44)41-37(43)30-14-18-36-35(23-30)42(24-31-13-16-34(31)39)25-38(26-46-36)19-10-12-29-22-32(40)15-17-33(29)38/h9,14-15,17-18,21-23,27-28,31,34H,5-7,10-13,16,19,24-26H2,1-4H3,(H,41,43,44)/b21-9+/t27-,28+,31-,34+,38-,39+,47?/m0/s1. The maximum atomic E-state index is 13.9. The van der Waals surface area contributed by atoms with Gasteiger partial charge in [-0.3, -0.25) is 9.52 Å². The van der Waals surface area contributed by atoms with Gasteiger partial charge in [0.2, 0.25) is 0 Å². The van der Waals surface area contributed by atoms with Gasteiger partial charge in [0.1, 0.15) is 11.4 Å². The Labute approximate surface area is 286 Å². The lowest BCUT2D eigenvalue weighted by Gasteiger charge is -2.48. The van der Waals surface area contributed by atoms with Crippen LogP contribution in [0.5, 0.6) is 5.75 Å². The molecule has 2 aliphatic heterocycles. The number of nitrogens with zero attached hydrogens (tertiary/aromatic N) is 1. The third kappa shape index (κ3) is 6.58. The van der Waals surface area contributed by atoms with Crippen LogP contribution in [0, 0.1) is 29.6 Å². The van der Waals surface area contributed by atoms with Crippen LogP contribution in [-0.2, 0) is 26.3 Å². The number of fused-ring (bicyclic) bond motifs is 4. The third-order valence-corrected chi connectivity index (χ3v) is 13.7. The van der Waals surface area contributed by atoms with Gasteiger partial charge in [-0.25, -0.2) is 4.21 Å². The molecule has 1 saturated carbocycles. The lowest BCUT2D eigenvalue weighted by molar-refractivity contribution is -0.0351. The summed E-state index contributed by atoms with van der Waals surface area (Å²) in [5, 5.41) is 0.416. The summed E-state index contributed by atoms with van der Waals surface area (Å²) < 4.78 is 29.7. The predicted molar refractivity (Wildman–Crippen MR) is 194 cm³/mol. The Morgan fingerprint density at radius 1 is 1.21 bits per heavy atom. The molecule has 1 spiro atoms. The van der Waals surface area contributed by atoms with Crippen molar-refractivity contribution in [3.8, 4) is 17.6 Å². The fourth-order valence-corrected chi connectivity index (χ4v) is 9.75. The Morgan fingerprint density at radius 3 is 2.79 bits per heavy atom. The zero-order chi connectivity index (χ0) is 33.4. The Kier molecular flexibility index (Phi) is 9.78. The molecule has 1 unspecified atom stereocenters. The molecule has 2 heterocycles. The van der Waals surface area contributed by atoms with E-state index >= 15 is 0 Å². The summed E-state index contributed by atoms with van der Waals surface area (Å²) in [5.74, 6) is 11.9. The number of amides is 1. The van der Waals surface area contributed by atoms with Crippen molar-refractivity contribution in [3.05, 3.63) is 70.3 Å². The first kappa shape index (κ1) is 34.0. The lowest BCUT2D eigenvalue weighted by Crippen LogP contribution is -2.52. The van der Waals surface area contributed by atoms with E-state index in [0.717, 1.165) is 74.5 Å². The molecular formula is C39H49ClN2O4S. The number of anilines is 1. The minimum absolute atomic E-state index is 0.0141. The van der Waals surface area contributed by atoms with E-state index in [1.807, 2.05) is 25.1 Å². The second-order valence-corrected chi connectivity index (χ2v) is 17.1. The third-order valence-electron chi connectivity index (χ3n) is 11.3. The highest BCUT2D eigenvalue weighted by molar-refractivity contribution is 7.99. The molecule has 6 nitrogen and oxygen atoms in total. The van der Waals surface area contributed by atoms with Gasteiger partial charge in [0, 0.05) is 53.8 Å². The van der Waals surface area contributed by atoms with E-state index in [-0.39, 0.29) is 28.4 Å². The Hall–Kier alpha value is -2.92. The molecule has 1 amide bonds. The van der Waals surface area contributed by atoms with Gasteiger partial charge in [0.05, 0.1) is 22.0 Å². The molecule has 0 radical (unpaired) electrons. The van der Waals surface area contributed by atoms with Crippen molar-refractivity contribution in [1.29, 1.82) is 0 Å². The molecule has 1 N–H and O–H groups in total. The molecule has 0 aromatic heterocycles. The summed E-state index contributed by atoms with van der Waals surface area (Å²) >= 11 is 6.47. The number of halogens is 1. The van der Waals surface area contributed by atoms with E-state index in [9.17, 15) is 9.00 Å². The van der Waals surface area contributed by atoms with Crippen LogP contribution in [0.4, 0.5) is 5.69 Å². The van der Waals surface area contributed by atoms with E-state index in [1.165, 1.54) is 11.1 Å². The average Bonchev–Trinajstić information content (AvgIpc) is 3.18. The van der Waals surface area contributed by atoms with E-state index in [0.29, 0.717) is 24.5 Å². The van der Waals surface area contributed by atoms with Crippen LogP contribution >= 0.6 is 11.6 Å². The van der Waals surface area contributed by atoms with Crippen LogP contribution in [0.15, 0.2) is 48.6 Å². The average molecular weight is 677 g/mol.